The van der Waals surface area contributed by atoms with Crippen LogP contribution in [-0.2, 0) is 16.6 Å². The van der Waals surface area contributed by atoms with Crippen LogP contribution in [0.4, 0.5) is 4.39 Å². The first-order valence-electron chi connectivity index (χ1n) is 4.34. The van der Waals surface area contributed by atoms with Crippen molar-refractivity contribution in [2.45, 2.75) is 25.7 Å². The van der Waals surface area contributed by atoms with E-state index in [2.05, 4.69) is 0 Å². The van der Waals surface area contributed by atoms with Crippen molar-refractivity contribution >= 4 is 5.78 Å². The van der Waals surface area contributed by atoms with Crippen molar-refractivity contribution in [3.63, 3.8) is 0 Å². The summed E-state index contributed by atoms with van der Waals surface area (Å²) < 4.78 is 12.8. The van der Waals surface area contributed by atoms with Crippen molar-refractivity contribution in [2.24, 2.45) is 0 Å². The van der Waals surface area contributed by atoms with Gasteiger partial charge in [0.25, 0.3) is 0 Å². The number of ketones is 1. The predicted octanol–water partition coefficient (Wildman–Crippen LogP) is 2.23. The molecule has 13 heavy (non-hydrogen) atoms. The van der Waals surface area contributed by atoms with Crippen LogP contribution in [0.25, 0.3) is 0 Å². The number of hydrogen-bond donors (Lipinski definition) is 0. The van der Waals surface area contributed by atoms with Crippen LogP contribution in [0, 0.1) is 5.82 Å². The van der Waals surface area contributed by atoms with Gasteiger partial charge in [0.1, 0.15) is 11.6 Å². The summed E-state index contributed by atoms with van der Waals surface area (Å²) in [5, 5.41) is 0. The van der Waals surface area contributed by atoms with Crippen molar-refractivity contribution < 1.29 is 9.18 Å². The minimum atomic E-state index is -0.428. The molecule has 0 unspecified atom stereocenters. The Hall–Kier alpha value is -1.18. The van der Waals surface area contributed by atoms with E-state index in [4.69, 9.17) is 0 Å². The van der Waals surface area contributed by atoms with Crippen LogP contribution in [0.15, 0.2) is 18.2 Å². The summed E-state index contributed by atoms with van der Waals surface area (Å²) in [5.74, 6) is -0.0858. The van der Waals surface area contributed by atoms with Gasteiger partial charge in [-0.25, -0.2) is 4.39 Å². The number of carbonyl (C=O) groups is 1. The highest BCUT2D eigenvalue weighted by atomic mass is 19.1. The van der Waals surface area contributed by atoms with Gasteiger partial charge in [-0.15, -0.1) is 0 Å². The Morgan fingerprint density at radius 1 is 1.38 bits per heavy atom. The van der Waals surface area contributed by atoms with Gasteiger partial charge in [0.05, 0.1) is 0 Å². The van der Waals surface area contributed by atoms with Crippen molar-refractivity contribution in [3.8, 4) is 0 Å². The standard InChI is InChI=1S/C11H11FO/c1-11(2)9-4-3-8(12)5-7(9)6-10(11)13/h3-5H,6H2,1-2H3. The number of fused-ring (bicyclic) bond motifs is 1. The number of hydrogen-bond acceptors (Lipinski definition) is 1. The Labute approximate surface area is 76.6 Å². The van der Waals surface area contributed by atoms with Crippen LogP contribution in [-0.4, -0.2) is 5.78 Å². The molecule has 2 rings (SSSR count). The Bertz CT molecular complexity index is 380. The third kappa shape index (κ3) is 1.09. The normalized spacial score (nSPS) is 18.8. The van der Waals surface area contributed by atoms with Crippen molar-refractivity contribution in [1.82, 2.24) is 0 Å². The highest BCUT2D eigenvalue weighted by Crippen LogP contribution is 2.35. The summed E-state index contributed by atoms with van der Waals surface area (Å²) in [6.07, 6.45) is 0.375. The fraction of sp³-hybridized carbons (Fsp3) is 0.364. The van der Waals surface area contributed by atoms with Crippen LogP contribution in [0.2, 0.25) is 0 Å². The molecule has 0 saturated heterocycles. The number of benzene rings is 1. The van der Waals surface area contributed by atoms with E-state index < -0.39 is 5.41 Å². The molecule has 0 N–H and O–H groups in total. The molecule has 0 atom stereocenters. The summed E-state index contributed by atoms with van der Waals surface area (Å²) in [4.78, 5) is 11.5. The molecule has 0 radical (unpaired) electrons. The van der Waals surface area contributed by atoms with E-state index in [1.165, 1.54) is 12.1 Å². The Morgan fingerprint density at radius 3 is 2.77 bits per heavy atom. The summed E-state index contributed by atoms with van der Waals surface area (Å²) in [6, 6.07) is 4.59. The molecule has 0 aromatic heterocycles. The second-order valence-electron chi connectivity index (χ2n) is 4.03. The van der Waals surface area contributed by atoms with Gasteiger partial charge in [-0.05, 0) is 37.1 Å². The quantitative estimate of drug-likeness (QED) is 0.595. The van der Waals surface area contributed by atoms with Gasteiger partial charge in [-0.3, -0.25) is 4.79 Å². The topological polar surface area (TPSA) is 17.1 Å². The van der Waals surface area contributed by atoms with E-state index in [0.29, 0.717) is 6.42 Å². The number of rotatable bonds is 0. The van der Waals surface area contributed by atoms with Gasteiger partial charge in [0.15, 0.2) is 0 Å². The molecule has 1 nitrogen and oxygen atoms in total. The smallest absolute Gasteiger partial charge is 0.147 e. The third-order valence-corrected chi connectivity index (χ3v) is 2.79. The van der Waals surface area contributed by atoms with Crippen LogP contribution in [0.1, 0.15) is 25.0 Å². The second kappa shape index (κ2) is 2.41. The van der Waals surface area contributed by atoms with Crippen molar-refractivity contribution in [3.05, 3.63) is 35.1 Å². The molecule has 0 fully saturated rings. The number of halogens is 1. The maximum atomic E-state index is 12.8. The minimum Gasteiger partial charge on any atom is -0.298 e. The van der Waals surface area contributed by atoms with E-state index in [1.807, 2.05) is 13.8 Å². The third-order valence-electron chi connectivity index (χ3n) is 2.79. The zero-order valence-electron chi connectivity index (χ0n) is 7.73. The van der Waals surface area contributed by atoms with E-state index in [9.17, 15) is 9.18 Å². The molecule has 2 heteroatoms. The maximum absolute atomic E-state index is 12.8. The number of carbonyl (C=O) groups excluding carboxylic acids is 1. The average molecular weight is 178 g/mol. The van der Waals surface area contributed by atoms with Gasteiger partial charge in [0.2, 0.25) is 0 Å². The molecule has 0 aliphatic heterocycles. The highest BCUT2D eigenvalue weighted by Gasteiger charge is 2.37. The largest absolute Gasteiger partial charge is 0.298 e. The fourth-order valence-corrected chi connectivity index (χ4v) is 1.86. The molecule has 0 saturated carbocycles. The molecule has 0 spiro atoms. The van der Waals surface area contributed by atoms with E-state index in [0.717, 1.165) is 11.1 Å². The number of Topliss-reactive ketones (excluding diaryl/α,β-unsaturated/α-hetero) is 1. The van der Waals surface area contributed by atoms with Gasteiger partial charge < -0.3 is 0 Å². The summed E-state index contributed by atoms with van der Waals surface area (Å²) in [5.41, 5.74) is 1.39. The van der Waals surface area contributed by atoms with Crippen LogP contribution in [0.3, 0.4) is 0 Å². The zero-order valence-corrected chi connectivity index (χ0v) is 7.73. The monoisotopic (exact) mass is 178 g/mol. The summed E-state index contributed by atoms with van der Waals surface area (Å²) in [6.45, 7) is 3.78. The van der Waals surface area contributed by atoms with Crippen molar-refractivity contribution in [2.75, 3.05) is 0 Å². The van der Waals surface area contributed by atoms with Crippen LogP contribution in [0.5, 0.6) is 0 Å². The molecular formula is C11H11FO. The molecule has 0 bridgehead atoms. The van der Waals surface area contributed by atoms with Gasteiger partial charge in [-0.2, -0.15) is 0 Å². The first-order chi connectivity index (χ1) is 6.01. The lowest BCUT2D eigenvalue weighted by molar-refractivity contribution is -0.121. The highest BCUT2D eigenvalue weighted by molar-refractivity contribution is 5.95. The van der Waals surface area contributed by atoms with Gasteiger partial charge in [0, 0.05) is 11.8 Å². The lowest BCUT2D eigenvalue weighted by Crippen LogP contribution is -2.23. The Morgan fingerprint density at radius 2 is 2.08 bits per heavy atom. The first-order valence-corrected chi connectivity index (χ1v) is 4.34. The first kappa shape index (κ1) is 8.42. The van der Waals surface area contributed by atoms with Gasteiger partial charge >= 0.3 is 0 Å². The molecule has 68 valence electrons. The van der Waals surface area contributed by atoms with E-state index in [1.54, 1.807) is 6.07 Å². The van der Waals surface area contributed by atoms with E-state index >= 15 is 0 Å². The summed E-state index contributed by atoms with van der Waals surface area (Å²) >= 11 is 0. The molecule has 1 aliphatic carbocycles. The minimum absolute atomic E-state index is 0.174. The van der Waals surface area contributed by atoms with E-state index in [-0.39, 0.29) is 11.6 Å². The zero-order chi connectivity index (χ0) is 9.64. The Kier molecular flexibility index (Phi) is 1.56. The molecule has 0 heterocycles. The predicted molar refractivity (Wildman–Crippen MR) is 48.1 cm³/mol. The van der Waals surface area contributed by atoms with Crippen LogP contribution >= 0.6 is 0 Å². The molecule has 1 aromatic carbocycles. The lowest BCUT2D eigenvalue weighted by Gasteiger charge is -2.16. The van der Waals surface area contributed by atoms with Gasteiger partial charge in [-0.1, -0.05) is 6.07 Å². The van der Waals surface area contributed by atoms with Crippen molar-refractivity contribution in [1.29, 1.82) is 0 Å². The molecule has 0 amide bonds. The molecular weight excluding hydrogens is 167 g/mol. The fourth-order valence-electron chi connectivity index (χ4n) is 1.86. The lowest BCUT2D eigenvalue weighted by atomic mass is 9.86. The Balaban J connectivity index is 2.62. The average Bonchev–Trinajstić information content (AvgIpc) is 2.23. The van der Waals surface area contributed by atoms with Crippen LogP contribution < -0.4 is 0 Å². The molecule has 1 aromatic rings. The summed E-state index contributed by atoms with van der Waals surface area (Å²) in [7, 11) is 0. The maximum Gasteiger partial charge on any atom is 0.147 e. The SMILES string of the molecule is CC1(C)C(=O)Cc2cc(F)ccc21. The molecule has 1 aliphatic rings. The second-order valence-corrected chi connectivity index (χ2v) is 4.03.